The molecule has 2 atom stereocenters. The van der Waals surface area contributed by atoms with Crippen molar-refractivity contribution >= 4 is 17.7 Å². The Morgan fingerprint density at radius 1 is 0.829 bits per heavy atom. The molecule has 0 saturated carbocycles. The summed E-state index contributed by atoms with van der Waals surface area (Å²) in [5, 5.41) is 0. The molecule has 0 N–H and O–H groups in total. The Kier molecular flexibility index (Phi) is 7.15. The fourth-order valence-electron chi connectivity index (χ4n) is 4.35. The molecule has 180 valence electrons. The van der Waals surface area contributed by atoms with Crippen LogP contribution in [0.15, 0.2) is 78.9 Å². The lowest BCUT2D eigenvalue weighted by molar-refractivity contribution is -0.179. The van der Waals surface area contributed by atoms with Crippen molar-refractivity contribution in [2.75, 3.05) is 14.2 Å². The maximum atomic E-state index is 13.3. The molecule has 0 aliphatic carbocycles. The van der Waals surface area contributed by atoms with Gasteiger partial charge in [-0.1, -0.05) is 54.6 Å². The highest BCUT2D eigenvalue weighted by Gasteiger charge is 2.57. The van der Waals surface area contributed by atoms with Gasteiger partial charge in [-0.25, -0.2) is 4.79 Å². The lowest BCUT2D eigenvalue weighted by Gasteiger charge is -2.48. The second-order valence-corrected chi connectivity index (χ2v) is 8.32. The number of hydrogen-bond acceptors (Lipinski definition) is 6. The summed E-state index contributed by atoms with van der Waals surface area (Å²) in [5.41, 5.74) is 2.36. The summed E-state index contributed by atoms with van der Waals surface area (Å²) in [4.78, 5) is 40.3. The molecule has 1 saturated heterocycles. The first-order chi connectivity index (χ1) is 16.9. The van der Waals surface area contributed by atoms with Gasteiger partial charge in [0.25, 0.3) is 0 Å². The molecule has 7 nitrogen and oxygen atoms in total. The molecule has 2 unspecified atom stereocenters. The number of methoxy groups -OCH3 is 2. The van der Waals surface area contributed by atoms with Crippen molar-refractivity contribution in [1.29, 1.82) is 0 Å². The fourth-order valence-corrected chi connectivity index (χ4v) is 4.35. The van der Waals surface area contributed by atoms with Gasteiger partial charge < -0.3 is 19.1 Å². The molecule has 0 bridgehead atoms. The van der Waals surface area contributed by atoms with E-state index in [-0.39, 0.29) is 12.4 Å². The third kappa shape index (κ3) is 4.89. The van der Waals surface area contributed by atoms with E-state index in [2.05, 4.69) is 0 Å². The Balaban J connectivity index is 1.70. The van der Waals surface area contributed by atoms with Crippen LogP contribution in [0, 0.1) is 5.92 Å². The molecule has 3 aromatic rings. The minimum Gasteiger partial charge on any atom is -0.497 e. The van der Waals surface area contributed by atoms with Crippen LogP contribution in [0.3, 0.4) is 0 Å². The van der Waals surface area contributed by atoms with Crippen LogP contribution in [0.2, 0.25) is 0 Å². The number of nitrogens with zero attached hydrogens (tertiary/aromatic N) is 1. The SMILES string of the molecule is COc1ccc(C(c2ccc(OC)cc2)N2C(=O)C(C(C)=O)C2C(=O)OCc2ccccc2)cc1. The number of carbonyl (C=O) groups is 3. The third-order valence-electron chi connectivity index (χ3n) is 6.18. The monoisotopic (exact) mass is 473 g/mol. The lowest BCUT2D eigenvalue weighted by Crippen LogP contribution is -2.67. The molecule has 1 aliphatic heterocycles. The topological polar surface area (TPSA) is 82.1 Å². The van der Waals surface area contributed by atoms with E-state index in [4.69, 9.17) is 14.2 Å². The first-order valence-corrected chi connectivity index (χ1v) is 11.3. The van der Waals surface area contributed by atoms with Crippen LogP contribution >= 0.6 is 0 Å². The number of ketones is 1. The van der Waals surface area contributed by atoms with Gasteiger partial charge in [0.05, 0.1) is 20.3 Å². The molecule has 1 aliphatic rings. The minimum absolute atomic E-state index is 0.0541. The Labute approximate surface area is 204 Å². The second kappa shape index (κ2) is 10.4. The number of likely N-dealkylation sites (tertiary alicyclic amines) is 1. The Hall–Kier alpha value is -4.13. The minimum atomic E-state index is -1.07. The van der Waals surface area contributed by atoms with Crippen molar-refractivity contribution < 1.29 is 28.6 Å². The van der Waals surface area contributed by atoms with Gasteiger partial charge in [0, 0.05) is 0 Å². The lowest BCUT2D eigenvalue weighted by atomic mass is 9.80. The van der Waals surface area contributed by atoms with Crippen molar-refractivity contribution in [3.63, 3.8) is 0 Å². The van der Waals surface area contributed by atoms with E-state index in [1.807, 2.05) is 54.6 Å². The molecular weight excluding hydrogens is 446 g/mol. The largest absolute Gasteiger partial charge is 0.497 e. The molecular formula is C28H27NO6. The van der Waals surface area contributed by atoms with Gasteiger partial charge in [-0.15, -0.1) is 0 Å². The summed E-state index contributed by atoms with van der Waals surface area (Å²) in [5.74, 6) is -1.12. The van der Waals surface area contributed by atoms with Crippen LogP contribution in [0.4, 0.5) is 0 Å². The number of Topliss-reactive ketones (excluding diaryl/α,β-unsaturated/α-hetero) is 1. The van der Waals surface area contributed by atoms with Crippen LogP contribution in [-0.4, -0.2) is 42.8 Å². The van der Waals surface area contributed by atoms with Crippen LogP contribution in [0.25, 0.3) is 0 Å². The van der Waals surface area contributed by atoms with Crippen molar-refractivity contribution in [3.05, 3.63) is 95.6 Å². The number of esters is 1. The second-order valence-electron chi connectivity index (χ2n) is 8.32. The van der Waals surface area contributed by atoms with E-state index in [1.165, 1.54) is 11.8 Å². The van der Waals surface area contributed by atoms with E-state index in [9.17, 15) is 14.4 Å². The van der Waals surface area contributed by atoms with E-state index in [1.54, 1.807) is 38.5 Å². The summed E-state index contributed by atoms with van der Waals surface area (Å²) < 4.78 is 16.1. The molecule has 0 aromatic heterocycles. The van der Waals surface area contributed by atoms with Gasteiger partial charge in [-0.3, -0.25) is 9.59 Å². The first kappa shape index (κ1) is 24.0. The summed E-state index contributed by atoms with van der Waals surface area (Å²) in [6, 6.07) is 22.2. The van der Waals surface area contributed by atoms with Crippen molar-refractivity contribution in [2.45, 2.75) is 25.6 Å². The van der Waals surface area contributed by atoms with E-state index < -0.39 is 29.9 Å². The molecule has 35 heavy (non-hydrogen) atoms. The van der Waals surface area contributed by atoms with Gasteiger partial charge in [0.1, 0.15) is 35.8 Å². The standard InChI is InChI=1S/C28H27NO6/c1-18(30)24-26(28(32)35-17-19-7-5-4-6-8-19)29(27(24)31)25(20-9-13-22(33-2)14-10-20)21-11-15-23(34-3)16-12-21/h4-16,24-26H,17H2,1-3H3. The Morgan fingerprint density at radius 3 is 1.80 bits per heavy atom. The zero-order valence-corrected chi connectivity index (χ0v) is 19.8. The predicted molar refractivity (Wildman–Crippen MR) is 129 cm³/mol. The number of benzene rings is 3. The predicted octanol–water partition coefficient (Wildman–Crippen LogP) is 3.95. The zero-order valence-electron chi connectivity index (χ0n) is 19.8. The fraction of sp³-hybridized carbons (Fsp3) is 0.250. The molecule has 1 fully saturated rings. The van der Waals surface area contributed by atoms with Crippen LogP contribution in [0.5, 0.6) is 11.5 Å². The molecule has 4 rings (SSSR count). The summed E-state index contributed by atoms with van der Waals surface area (Å²) in [6.07, 6.45) is 0. The van der Waals surface area contributed by atoms with Crippen molar-refractivity contribution in [1.82, 2.24) is 4.90 Å². The number of rotatable bonds is 9. The average Bonchev–Trinajstić information content (AvgIpc) is 2.89. The molecule has 0 spiro atoms. The van der Waals surface area contributed by atoms with E-state index in [0.29, 0.717) is 11.5 Å². The van der Waals surface area contributed by atoms with Gasteiger partial charge in [0.15, 0.2) is 0 Å². The van der Waals surface area contributed by atoms with Gasteiger partial charge >= 0.3 is 5.97 Å². The highest BCUT2D eigenvalue weighted by molar-refractivity contribution is 6.11. The van der Waals surface area contributed by atoms with Crippen molar-refractivity contribution in [2.24, 2.45) is 5.92 Å². The first-order valence-electron chi connectivity index (χ1n) is 11.3. The zero-order chi connectivity index (χ0) is 24.9. The van der Waals surface area contributed by atoms with Crippen molar-refractivity contribution in [3.8, 4) is 11.5 Å². The summed E-state index contributed by atoms with van der Waals surface area (Å²) in [7, 11) is 3.15. The molecule has 0 radical (unpaired) electrons. The molecule has 3 aromatic carbocycles. The number of ether oxygens (including phenoxy) is 3. The van der Waals surface area contributed by atoms with Gasteiger partial charge in [-0.05, 0) is 47.9 Å². The van der Waals surface area contributed by atoms with Crippen LogP contribution in [0.1, 0.15) is 29.7 Å². The summed E-state index contributed by atoms with van der Waals surface area (Å²) >= 11 is 0. The van der Waals surface area contributed by atoms with Crippen LogP contribution in [-0.2, 0) is 25.7 Å². The van der Waals surface area contributed by atoms with Gasteiger partial charge in [0.2, 0.25) is 5.91 Å². The van der Waals surface area contributed by atoms with Gasteiger partial charge in [-0.2, -0.15) is 0 Å². The smallest absolute Gasteiger partial charge is 0.330 e. The molecule has 1 heterocycles. The summed E-state index contributed by atoms with van der Waals surface area (Å²) in [6.45, 7) is 1.38. The number of amides is 1. The van der Waals surface area contributed by atoms with E-state index >= 15 is 0 Å². The number of β-lactam (4-membered cyclic amide) rings is 1. The number of hydrogen-bond donors (Lipinski definition) is 0. The number of carbonyl (C=O) groups excluding carboxylic acids is 3. The Bertz CT molecular complexity index is 1140. The Morgan fingerprint density at radius 2 is 1.34 bits per heavy atom. The molecule has 7 heteroatoms. The normalized spacial score (nSPS) is 17.0. The highest BCUT2D eigenvalue weighted by atomic mass is 16.5. The average molecular weight is 474 g/mol. The van der Waals surface area contributed by atoms with Crippen LogP contribution < -0.4 is 9.47 Å². The highest BCUT2D eigenvalue weighted by Crippen LogP contribution is 2.41. The maximum absolute atomic E-state index is 13.3. The third-order valence-corrected chi connectivity index (χ3v) is 6.18. The molecule has 1 amide bonds. The van der Waals surface area contributed by atoms with E-state index in [0.717, 1.165) is 16.7 Å². The maximum Gasteiger partial charge on any atom is 0.330 e. The quantitative estimate of drug-likeness (QED) is 0.266.